The Hall–Kier alpha value is -2.51. The van der Waals surface area contributed by atoms with Crippen LogP contribution >= 0.6 is 0 Å². The number of benzene rings is 2. The summed E-state index contributed by atoms with van der Waals surface area (Å²) in [7, 11) is -2.07. The van der Waals surface area contributed by atoms with Crippen LogP contribution in [0.3, 0.4) is 0 Å². The fourth-order valence-electron chi connectivity index (χ4n) is 2.20. The molecule has 7 heteroatoms. The Morgan fingerprint density at radius 1 is 1.20 bits per heavy atom. The van der Waals surface area contributed by atoms with E-state index in [4.69, 9.17) is 0 Å². The minimum absolute atomic E-state index is 0.0580. The van der Waals surface area contributed by atoms with Crippen LogP contribution in [0.2, 0.25) is 0 Å². The number of carbonyl (C=O) groups excluding carboxylic acids is 1. The van der Waals surface area contributed by atoms with Crippen molar-refractivity contribution in [1.29, 1.82) is 0 Å². The van der Waals surface area contributed by atoms with Gasteiger partial charge >= 0.3 is 0 Å². The molecule has 0 saturated carbocycles. The second-order valence-electron chi connectivity index (χ2n) is 5.42. The molecule has 0 bridgehead atoms. The normalized spacial score (nSPS) is 11.1. The fourth-order valence-corrected chi connectivity index (χ4v) is 3.20. The molecule has 2 aromatic carbocycles. The van der Waals surface area contributed by atoms with Gasteiger partial charge in [0.2, 0.25) is 10.0 Å². The number of nitrogens with zero attached hydrogens (tertiary/aromatic N) is 1. The number of rotatable bonds is 7. The average Bonchev–Trinajstić information content (AvgIpc) is 2.61. The summed E-state index contributed by atoms with van der Waals surface area (Å²) in [5, 5.41) is 0. The van der Waals surface area contributed by atoms with Crippen molar-refractivity contribution in [1.82, 2.24) is 9.62 Å². The summed E-state index contributed by atoms with van der Waals surface area (Å²) in [6.07, 6.45) is 1.44. The lowest BCUT2D eigenvalue weighted by atomic mass is 10.1. The molecule has 5 nitrogen and oxygen atoms in total. The van der Waals surface area contributed by atoms with E-state index in [2.05, 4.69) is 11.3 Å². The van der Waals surface area contributed by atoms with E-state index in [1.807, 2.05) is 0 Å². The van der Waals surface area contributed by atoms with Crippen LogP contribution in [0.15, 0.2) is 66.1 Å². The largest absolute Gasteiger partial charge is 0.337 e. The minimum Gasteiger partial charge on any atom is -0.337 e. The predicted octanol–water partition coefficient (Wildman–Crippen LogP) is 2.56. The number of carbonyl (C=O) groups is 1. The highest BCUT2D eigenvalue weighted by Gasteiger charge is 2.16. The SMILES string of the molecule is C=CCNS(=O)(=O)c1ccc(C(=O)N(C)Cc2ccccc2F)cc1. The molecule has 1 amide bonds. The van der Waals surface area contributed by atoms with Crippen LogP contribution < -0.4 is 4.72 Å². The number of nitrogens with one attached hydrogen (secondary N) is 1. The van der Waals surface area contributed by atoms with E-state index in [1.165, 1.54) is 41.3 Å². The van der Waals surface area contributed by atoms with E-state index in [-0.39, 0.29) is 29.7 Å². The molecule has 132 valence electrons. The molecule has 0 unspecified atom stereocenters. The summed E-state index contributed by atoms with van der Waals surface area (Å²) in [5.74, 6) is -0.705. The third-order valence-electron chi connectivity index (χ3n) is 3.54. The van der Waals surface area contributed by atoms with Crippen LogP contribution in [-0.4, -0.2) is 32.8 Å². The lowest BCUT2D eigenvalue weighted by molar-refractivity contribution is 0.0783. The zero-order valence-corrected chi connectivity index (χ0v) is 14.6. The van der Waals surface area contributed by atoms with Gasteiger partial charge in [-0.05, 0) is 30.3 Å². The summed E-state index contributed by atoms with van der Waals surface area (Å²) < 4.78 is 40.0. The Bertz CT molecular complexity index is 864. The first kappa shape index (κ1) is 18.8. The Labute approximate surface area is 146 Å². The molecular weight excluding hydrogens is 343 g/mol. The van der Waals surface area contributed by atoms with Crippen molar-refractivity contribution in [3.63, 3.8) is 0 Å². The van der Waals surface area contributed by atoms with E-state index in [1.54, 1.807) is 25.2 Å². The first-order valence-corrected chi connectivity index (χ1v) is 9.03. The Balaban J connectivity index is 2.12. The van der Waals surface area contributed by atoms with Crippen LogP contribution in [0.25, 0.3) is 0 Å². The smallest absolute Gasteiger partial charge is 0.253 e. The van der Waals surface area contributed by atoms with E-state index in [0.29, 0.717) is 11.1 Å². The second kappa shape index (κ2) is 8.04. The van der Waals surface area contributed by atoms with Gasteiger partial charge in [-0.15, -0.1) is 6.58 Å². The Morgan fingerprint density at radius 3 is 2.44 bits per heavy atom. The number of hydrogen-bond donors (Lipinski definition) is 1. The summed E-state index contributed by atoms with van der Waals surface area (Å²) in [6, 6.07) is 11.8. The van der Waals surface area contributed by atoms with Gasteiger partial charge in [0, 0.05) is 31.3 Å². The highest BCUT2D eigenvalue weighted by molar-refractivity contribution is 7.89. The Morgan fingerprint density at radius 2 is 1.84 bits per heavy atom. The van der Waals surface area contributed by atoms with Crippen LogP contribution in [0.5, 0.6) is 0 Å². The van der Waals surface area contributed by atoms with Gasteiger partial charge in [-0.25, -0.2) is 17.5 Å². The monoisotopic (exact) mass is 362 g/mol. The van der Waals surface area contributed by atoms with Crippen molar-refractivity contribution in [3.8, 4) is 0 Å². The fraction of sp³-hybridized carbons (Fsp3) is 0.167. The summed E-state index contributed by atoms with van der Waals surface area (Å²) >= 11 is 0. The van der Waals surface area contributed by atoms with Gasteiger partial charge < -0.3 is 4.90 Å². The minimum atomic E-state index is -3.64. The third kappa shape index (κ3) is 4.74. The van der Waals surface area contributed by atoms with Crippen molar-refractivity contribution < 1.29 is 17.6 Å². The molecule has 0 heterocycles. The molecule has 0 atom stereocenters. The van der Waals surface area contributed by atoms with Crippen molar-refractivity contribution in [2.75, 3.05) is 13.6 Å². The molecule has 25 heavy (non-hydrogen) atoms. The van der Waals surface area contributed by atoms with Crippen LogP contribution in [0.4, 0.5) is 4.39 Å². The van der Waals surface area contributed by atoms with Gasteiger partial charge in [-0.2, -0.15) is 0 Å². The molecule has 2 aromatic rings. The van der Waals surface area contributed by atoms with Crippen molar-refractivity contribution in [2.45, 2.75) is 11.4 Å². The maximum atomic E-state index is 13.7. The number of amides is 1. The maximum Gasteiger partial charge on any atom is 0.253 e. The van der Waals surface area contributed by atoms with Gasteiger partial charge in [0.15, 0.2) is 0 Å². The first-order chi connectivity index (χ1) is 11.8. The van der Waals surface area contributed by atoms with Gasteiger partial charge in [0.1, 0.15) is 5.82 Å². The molecule has 0 aliphatic rings. The highest BCUT2D eigenvalue weighted by Crippen LogP contribution is 2.14. The second-order valence-corrected chi connectivity index (χ2v) is 7.18. The van der Waals surface area contributed by atoms with Gasteiger partial charge in [-0.3, -0.25) is 4.79 Å². The maximum absolute atomic E-state index is 13.7. The summed E-state index contributed by atoms with van der Waals surface area (Å²) in [5.41, 5.74) is 0.729. The lowest BCUT2D eigenvalue weighted by Gasteiger charge is -2.18. The van der Waals surface area contributed by atoms with Crippen LogP contribution in [0, 0.1) is 5.82 Å². The van der Waals surface area contributed by atoms with E-state index in [0.717, 1.165) is 0 Å². The van der Waals surface area contributed by atoms with Crippen molar-refractivity contribution in [3.05, 3.63) is 78.1 Å². The predicted molar refractivity (Wildman–Crippen MR) is 94.0 cm³/mol. The van der Waals surface area contributed by atoms with Crippen LogP contribution in [-0.2, 0) is 16.6 Å². The number of sulfonamides is 1. The zero-order valence-electron chi connectivity index (χ0n) is 13.8. The standard InChI is InChI=1S/C18H19FN2O3S/c1-3-12-20-25(23,24)16-10-8-14(9-11-16)18(22)21(2)13-15-6-4-5-7-17(15)19/h3-11,20H,1,12-13H2,2H3. The molecule has 0 spiro atoms. The molecule has 0 saturated heterocycles. The molecule has 1 N–H and O–H groups in total. The third-order valence-corrected chi connectivity index (χ3v) is 4.98. The molecule has 0 aromatic heterocycles. The zero-order chi connectivity index (χ0) is 18.4. The molecule has 0 radical (unpaired) electrons. The van der Waals surface area contributed by atoms with E-state index >= 15 is 0 Å². The quantitative estimate of drug-likeness (QED) is 0.770. The molecule has 0 aliphatic heterocycles. The van der Waals surface area contributed by atoms with Crippen molar-refractivity contribution in [2.24, 2.45) is 0 Å². The average molecular weight is 362 g/mol. The summed E-state index contributed by atoms with van der Waals surface area (Å²) in [4.78, 5) is 13.8. The van der Waals surface area contributed by atoms with E-state index in [9.17, 15) is 17.6 Å². The van der Waals surface area contributed by atoms with Crippen molar-refractivity contribution >= 4 is 15.9 Å². The first-order valence-electron chi connectivity index (χ1n) is 7.54. The lowest BCUT2D eigenvalue weighted by Crippen LogP contribution is -2.27. The van der Waals surface area contributed by atoms with Gasteiger partial charge in [0.25, 0.3) is 5.91 Å². The number of hydrogen-bond acceptors (Lipinski definition) is 3. The van der Waals surface area contributed by atoms with Gasteiger partial charge in [-0.1, -0.05) is 24.3 Å². The molecular formula is C18H19FN2O3S. The topological polar surface area (TPSA) is 66.5 Å². The highest BCUT2D eigenvalue weighted by atomic mass is 32.2. The summed E-state index contributed by atoms with van der Waals surface area (Å²) in [6.45, 7) is 3.69. The number of halogens is 1. The molecule has 0 fully saturated rings. The van der Waals surface area contributed by atoms with Gasteiger partial charge in [0.05, 0.1) is 4.90 Å². The van der Waals surface area contributed by atoms with Crippen LogP contribution in [0.1, 0.15) is 15.9 Å². The Kier molecular flexibility index (Phi) is 6.06. The molecule has 0 aliphatic carbocycles. The molecule has 2 rings (SSSR count). The van der Waals surface area contributed by atoms with E-state index < -0.39 is 10.0 Å².